The van der Waals surface area contributed by atoms with E-state index in [2.05, 4.69) is 9.97 Å². The predicted octanol–water partition coefficient (Wildman–Crippen LogP) is 3.31. The highest BCUT2D eigenvalue weighted by Gasteiger charge is 2.29. The van der Waals surface area contributed by atoms with Crippen LogP contribution in [0.15, 0.2) is 67.0 Å². The first kappa shape index (κ1) is 17.7. The van der Waals surface area contributed by atoms with Gasteiger partial charge in [0.15, 0.2) is 0 Å². The second kappa shape index (κ2) is 7.89. The van der Waals surface area contributed by atoms with Gasteiger partial charge in [0, 0.05) is 30.9 Å². The molecule has 28 heavy (non-hydrogen) atoms. The number of ether oxygens (including phenoxy) is 1. The third-order valence-electron chi connectivity index (χ3n) is 4.72. The number of nitriles is 1. The number of carbonyl (C=O) groups excluding carboxylic acids is 1. The zero-order valence-electron chi connectivity index (χ0n) is 15.2. The van der Waals surface area contributed by atoms with Crippen LogP contribution in [0.3, 0.4) is 0 Å². The third-order valence-corrected chi connectivity index (χ3v) is 4.72. The van der Waals surface area contributed by atoms with Gasteiger partial charge in [0.05, 0.1) is 6.54 Å². The monoisotopic (exact) mass is 370 g/mol. The fraction of sp³-hybridized carbons (Fsp3) is 0.182. The Hall–Kier alpha value is -3.72. The number of carbonyl (C=O) groups is 1. The third kappa shape index (κ3) is 3.69. The highest BCUT2D eigenvalue weighted by molar-refractivity contribution is 5.95. The van der Waals surface area contributed by atoms with Gasteiger partial charge >= 0.3 is 0 Å². The number of rotatable bonds is 4. The van der Waals surface area contributed by atoms with Crippen molar-refractivity contribution in [3.8, 4) is 23.1 Å². The van der Waals surface area contributed by atoms with Gasteiger partial charge in [-0.1, -0.05) is 42.5 Å². The van der Waals surface area contributed by atoms with Gasteiger partial charge in [-0.2, -0.15) is 5.26 Å². The summed E-state index contributed by atoms with van der Waals surface area (Å²) in [5.74, 6) is 0.196. The minimum Gasteiger partial charge on any atom is -0.470 e. The number of amides is 1. The zero-order chi connectivity index (χ0) is 19.3. The Balaban J connectivity index is 1.41. The second-order valence-electron chi connectivity index (χ2n) is 6.54. The van der Waals surface area contributed by atoms with Crippen LogP contribution in [0.25, 0.3) is 11.1 Å². The first-order chi connectivity index (χ1) is 13.7. The van der Waals surface area contributed by atoms with Crippen molar-refractivity contribution in [2.24, 2.45) is 0 Å². The summed E-state index contributed by atoms with van der Waals surface area (Å²) in [5.41, 5.74) is 3.00. The molecule has 1 saturated heterocycles. The molecule has 1 aliphatic heterocycles. The molecular formula is C22H18N4O2. The average Bonchev–Trinajstić information content (AvgIpc) is 3.23. The summed E-state index contributed by atoms with van der Waals surface area (Å²) >= 11 is 0. The lowest BCUT2D eigenvalue weighted by molar-refractivity contribution is 0.0771. The topological polar surface area (TPSA) is 79.1 Å². The molecule has 1 unspecified atom stereocenters. The summed E-state index contributed by atoms with van der Waals surface area (Å²) in [7, 11) is 0. The van der Waals surface area contributed by atoms with Gasteiger partial charge in [-0.3, -0.25) is 4.79 Å². The lowest BCUT2D eigenvalue weighted by atomic mass is 10.0. The summed E-state index contributed by atoms with van der Waals surface area (Å²) in [5, 5.41) is 9.09. The summed E-state index contributed by atoms with van der Waals surface area (Å²) in [6.45, 7) is 1.06. The molecular weight excluding hydrogens is 352 g/mol. The summed E-state index contributed by atoms with van der Waals surface area (Å²) in [6, 6.07) is 19.7. The summed E-state index contributed by atoms with van der Waals surface area (Å²) in [6.07, 6.45) is 3.43. The van der Waals surface area contributed by atoms with E-state index < -0.39 is 0 Å². The van der Waals surface area contributed by atoms with Gasteiger partial charge in [0.1, 0.15) is 12.2 Å². The number of hydrogen-bond donors (Lipinski definition) is 0. The molecule has 0 saturated carbocycles. The van der Waals surface area contributed by atoms with E-state index in [1.54, 1.807) is 4.90 Å². The maximum atomic E-state index is 12.8. The highest BCUT2D eigenvalue weighted by atomic mass is 16.5. The van der Waals surface area contributed by atoms with E-state index in [1.807, 2.05) is 60.7 Å². The number of hydrogen-bond acceptors (Lipinski definition) is 5. The van der Waals surface area contributed by atoms with E-state index in [4.69, 9.17) is 10.00 Å². The Bertz CT molecular complexity index is 1010. The molecule has 6 heteroatoms. The molecule has 1 fully saturated rings. The van der Waals surface area contributed by atoms with E-state index in [-0.39, 0.29) is 23.6 Å². The lowest BCUT2D eigenvalue weighted by Gasteiger charge is -2.17. The molecule has 138 valence electrons. The number of likely N-dealkylation sites (tertiary alicyclic amines) is 1. The maximum Gasteiger partial charge on any atom is 0.253 e. The molecule has 1 atom stereocenters. The smallest absolute Gasteiger partial charge is 0.253 e. The van der Waals surface area contributed by atoms with Crippen molar-refractivity contribution in [2.75, 3.05) is 13.1 Å². The van der Waals surface area contributed by atoms with Gasteiger partial charge in [-0.05, 0) is 23.3 Å². The van der Waals surface area contributed by atoms with Crippen molar-refractivity contribution in [3.05, 3.63) is 78.2 Å². The molecule has 0 radical (unpaired) electrons. The lowest BCUT2D eigenvalue weighted by Crippen LogP contribution is -2.31. The van der Waals surface area contributed by atoms with Crippen molar-refractivity contribution >= 4 is 5.91 Å². The first-order valence-corrected chi connectivity index (χ1v) is 9.07. The molecule has 2 aromatic carbocycles. The fourth-order valence-corrected chi connectivity index (χ4v) is 3.27. The molecule has 1 aliphatic rings. The molecule has 1 amide bonds. The van der Waals surface area contributed by atoms with Gasteiger partial charge < -0.3 is 9.64 Å². The largest absolute Gasteiger partial charge is 0.470 e. The molecule has 0 N–H and O–H groups in total. The molecule has 0 bridgehead atoms. The van der Waals surface area contributed by atoms with Gasteiger partial charge in [-0.15, -0.1) is 0 Å². The molecule has 1 aromatic heterocycles. The molecule has 2 heterocycles. The number of nitrogens with zero attached hydrogens (tertiary/aromatic N) is 4. The Morgan fingerprint density at radius 3 is 2.50 bits per heavy atom. The van der Waals surface area contributed by atoms with Crippen LogP contribution in [0.5, 0.6) is 5.88 Å². The van der Waals surface area contributed by atoms with Gasteiger partial charge in [0.25, 0.3) is 11.8 Å². The van der Waals surface area contributed by atoms with Crippen LogP contribution >= 0.6 is 0 Å². The zero-order valence-corrected chi connectivity index (χ0v) is 15.2. The van der Waals surface area contributed by atoms with Gasteiger partial charge in [-0.25, -0.2) is 9.97 Å². The van der Waals surface area contributed by atoms with Crippen LogP contribution in [0.1, 0.15) is 22.5 Å². The first-order valence-electron chi connectivity index (χ1n) is 9.07. The fourth-order valence-electron chi connectivity index (χ4n) is 3.27. The van der Waals surface area contributed by atoms with Crippen molar-refractivity contribution in [1.29, 1.82) is 5.26 Å². The van der Waals surface area contributed by atoms with E-state index >= 15 is 0 Å². The van der Waals surface area contributed by atoms with E-state index in [1.165, 1.54) is 12.4 Å². The standard InChI is InChI=1S/C22H18N4O2/c23-14-20-21(25-12-11-24-20)28-19-10-13-26(15-19)22(27)18-8-6-17(7-9-18)16-4-2-1-3-5-16/h1-9,11-12,19H,10,13,15H2. The minimum absolute atomic E-state index is 0.0228. The molecule has 4 rings (SSSR count). The molecule has 6 nitrogen and oxygen atoms in total. The quantitative estimate of drug-likeness (QED) is 0.704. The number of benzene rings is 2. The Kier molecular flexibility index (Phi) is 4.98. The molecule has 0 aliphatic carbocycles. The van der Waals surface area contributed by atoms with Crippen LogP contribution in [-0.2, 0) is 0 Å². The Morgan fingerprint density at radius 1 is 1.04 bits per heavy atom. The summed E-state index contributed by atoms with van der Waals surface area (Å²) in [4.78, 5) is 22.6. The summed E-state index contributed by atoms with van der Waals surface area (Å²) < 4.78 is 5.80. The van der Waals surface area contributed by atoms with Crippen LogP contribution in [0.2, 0.25) is 0 Å². The van der Waals surface area contributed by atoms with Crippen molar-refractivity contribution in [3.63, 3.8) is 0 Å². The normalized spacial score (nSPS) is 15.8. The highest BCUT2D eigenvalue weighted by Crippen LogP contribution is 2.22. The van der Waals surface area contributed by atoms with Gasteiger partial charge in [0.2, 0.25) is 5.69 Å². The average molecular weight is 370 g/mol. The van der Waals surface area contributed by atoms with Crippen LogP contribution < -0.4 is 4.74 Å². The Labute approximate surface area is 163 Å². The van der Waals surface area contributed by atoms with E-state index in [9.17, 15) is 4.79 Å². The van der Waals surface area contributed by atoms with Crippen LogP contribution in [0.4, 0.5) is 0 Å². The molecule has 0 spiro atoms. The predicted molar refractivity (Wildman–Crippen MR) is 104 cm³/mol. The van der Waals surface area contributed by atoms with Crippen LogP contribution in [0, 0.1) is 11.3 Å². The van der Waals surface area contributed by atoms with Crippen molar-refractivity contribution in [2.45, 2.75) is 12.5 Å². The van der Waals surface area contributed by atoms with E-state index in [0.717, 1.165) is 11.1 Å². The van der Waals surface area contributed by atoms with Crippen LogP contribution in [-0.4, -0.2) is 40.0 Å². The van der Waals surface area contributed by atoms with Crippen molar-refractivity contribution < 1.29 is 9.53 Å². The number of aromatic nitrogens is 2. The SMILES string of the molecule is N#Cc1nccnc1OC1CCN(C(=O)c2ccc(-c3ccccc3)cc2)C1. The molecule has 3 aromatic rings. The minimum atomic E-state index is -0.198. The maximum absolute atomic E-state index is 12.8. The second-order valence-corrected chi connectivity index (χ2v) is 6.54. The Morgan fingerprint density at radius 2 is 1.75 bits per heavy atom. The van der Waals surface area contributed by atoms with Crippen molar-refractivity contribution in [1.82, 2.24) is 14.9 Å². The van der Waals surface area contributed by atoms with E-state index in [0.29, 0.717) is 25.1 Å².